The highest BCUT2D eigenvalue weighted by atomic mass is 79.9. The van der Waals surface area contributed by atoms with Crippen LogP contribution in [0.15, 0.2) is 34.8 Å². The van der Waals surface area contributed by atoms with Gasteiger partial charge in [0.2, 0.25) is 5.91 Å². The minimum absolute atomic E-state index is 0.0372. The van der Waals surface area contributed by atoms with E-state index in [0.29, 0.717) is 32.9 Å². The molecule has 0 bridgehead atoms. The van der Waals surface area contributed by atoms with E-state index < -0.39 is 0 Å². The van der Waals surface area contributed by atoms with E-state index in [9.17, 15) is 4.79 Å². The minimum atomic E-state index is -0.267. The predicted molar refractivity (Wildman–Crippen MR) is 101 cm³/mol. The summed E-state index contributed by atoms with van der Waals surface area (Å²) in [6.45, 7) is 0.0372. The fourth-order valence-corrected chi connectivity index (χ4v) is 2.93. The van der Waals surface area contributed by atoms with Crippen LogP contribution in [-0.4, -0.2) is 26.7 Å². The number of benzene rings is 2. The number of halogens is 3. The van der Waals surface area contributed by atoms with Crippen LogP contribution in [-0.2, 0) is 4.79 Å². The van der Waals surface area contributed by atoms with Gasteiger partial charge in [-0.1, -0.05) is 39.1 Å². The topological polar surface area (TPSA) is 59.6 Å². The van der Waals surface area contributed by atoms with Crippen LogP contribution in [0, 0.1) is 0 Å². The Hall–Kier alpha value is -1.63. The summed E-state index contributed by atoms with van der Waals surface area (Å²) in [7, 11) is 2.99. The molecule has 128 valence electrons. The maximum absolute atomic E-state index is 12.2. The number of carbonyl (C=O) groups excluding carboxylic acids is 1. The molecule has 0 saturated carbocycles. The first-order valence-corrected chi connectivity index (χ1v) is 8.39. The van der Waals surface area contributed by atoms with Crippen LogP contribution in [0.5, 0.6) is 11.5 Å². The lowest BCUT2D eigenvalue weighted by Gasteiger charge is -2.14. The normalized spacial score (nSPS) is 10.2. The fourth-order valence-electron chi connectivity index (χ4n) is 1.96. The van der Waals surface area contributed by atoms with Gasteiger partial charge in [0.15, 0.2) is 0 Å². The van der Waals surface area contributed by atoms with Crippen molar-refractivity contribution in [2.75, 3.05) is 31.4 Å². The number of hydrogen-bond donors (Lipinski definition) is 2. The van der Waals surface area contributed by atoms with Gasteiger partial charge in [0.05, 0.1) is 42.2 Å². The van der Waals surface area contributed by atoms with Crippen LogP contribution in [0.1, 0.15) is 0 Å². The summed E-state index contributed by atoms with van der Waals surface area (Å²) < 4.78 is 11.2. The molecule has 2 N–H and O–H groups in total. The van der Waals surface area contributed by atoms with Crippen molar-refractivity contribution in [3.05, 3.63) is 44.8 Å². The van der Waals surface area contributed by atoms with Gasteiger partial charge in [0.1, 0.15) is 11.5 Å². The van der Waals surface area contributed by atoms with Crippen LogP contribution in [0.3, 0.4) is 0 Å². The molecule has 0 radical (unpaired) electrons. The average molecular weight is 434 g/mol. The lowest BCUT2D eigenvalue weighted by molar-refractivity contribution is -0.114. The van der Waals surface area contributed by atoms with Gasteiger partial charge in [-0.15, -0.1) is 0 Å². The first-order chi connectivity index (χ1) is 11.4. The molecule has 2 rings (SSSR count). The highest BCUT2D eigenvalue weighted by Gasteiger charge is 2.13. The summed E-state index contributed by atoms with van der Waals surface area (Å²) in [4.78, 5) is 12.2. The summed E-state index contributed by atoms with van der Waals surface area (Å²) in [5, 5.41) is 6.63. The van der Waals surface area contributed by atoms with E-state index >= 15 is 0 Å². The summed E-state index contributed by atoms with van der Waals surface area (Å²) in [6.07, 6.45) is 0. The number of ether oxygens (including phenoxy) is 2. The average Bonchev–Trinajstić information content (AvgIpc) is 2.55. The van der Waals surface area contributed by atoms with Gasteiger partial charge in [-0.25, -0.2) is 0 Å². The third kappa shape index (κ3) is 4.69. The molecule has 2 aromatic carbocycles. The number of anilines is 2. The Morgan fingerprint density at radius 3 is 2.38 bits per heavy atom. The van der Waals surface area contributed by atoms with Gasteiger partial charge in [-0.2, -0.15) is 0 Å². The van der Waals surface area contributed by atoms with E-state index in [2.05, 4.69) is 26.6 Å². The quantitative estimate of drug-likeness (QED) is 0.685. The molecule has 0 aromatic heterocycles. The number of amides is 1. The van der Waals surface area contributed by atoms with Crippen molar-refractivity contribution >= 4 is 56.4 Å². The molecule has 0 saturated heterocycles. The maximum Gasteiger partial charge on any atom is 0.243 e. The van der Waals surface area contributed by atoms with Gasteiger partial charge in [0.25, 0.3) is 0 Å². The van der Waals surface area contributed by atoms with Crippen LogP contribution in [0.25, 0.3) is 0 Å². The zero-order valence-electron chi connectivity index (χ0n) is 13.0. The molecule has 0 aliphatic heterocycles. The molecule has 0 aliphatic carbocycles. The van der Waals surface area contributed by atoms with E-state index in [1.54, 1.807) is 24.3 Å². The molecule has 0 aliphatic rings. The second-order valence-corrected chi connectivity index (χ2v) is 6.44. The fraction of sp³-hybridized carbons (Fsp3) is 0.188. The first kappa shape index (κ1) is 18.7. The van der Waals surface area contributed by atoms with Crippen LogP contribution in [0.2, 0.25) is 10.0 Å². The molecular weight excluding hydrogens is 419 g/mol. The number of rotatable bonds is 6. The SMILES string of the molecule is COc1cc(NC(=O)CNc2ccc(Br)cc2Cl)c(OC)cc1Cl. The Morgan fingerprint density at radius 2 is 1.75 bits per heavy atom. The van der Waals surface area contributed by atoms with Crippen molar-refractivity contribution in [2.24, 2.45) is 0 Å². The van der Waals surface area contributed by atoms with E-state index in [1.165, 1.54) is 14.2 Å². The standard InChI is InChI=1S/C16H15BrCl2N2O3/c1-23-14-7-13(15(24-2)6-11(14)19)21-16(22)8-20-12-4-3-9(17)5-10(12)18/h3-7,20H,8H2,1-2H3,(H,21,22). The third-order valence-corrected chi connectivity index (χ3v) is 4.22. The molecule has 2 aromatic rings. The van der Waals surface area contributed by atoms with Crippen LogP contribution < -0.4 is 20.1 Å². The van der Waals surface area contributed by atoms with E-state index in [1.807, 2.05) is 6.07 Å². The molecule has 0 fully saturated rings. The van der Waals surface area contributed by atoms with E-state index in [0.717, 1.165) is 4.47 Å². The molecule has 0 unspecified atom stereocenters. The Labute approximate surface area is 158 Å². The van der Waals surface area contributed by atoms with Gasteiger partial charge >= 0.3 is 0 Å². The highest BCUT2D eigenvalue weighted by Crippen LogP contribution is 2.35. The molecule has 1 amide bonds. The smallest absolute Gasteiger partial charge is 0.243 e. The molecule has 5 nitrogen and oxygen atoms in total. The van der Waals surface area contributed by atoms with Gasteiger partial charge < -0.3 is 20.1 Å². The lowest BCUT2D eigenvalue weighted by Crippen LogP contribution is -2.22. The number of nitrogens with one attached hydrogen (secondary N) is 2. The second kappa shape index (κ2) is 8.46. The molecule has 0 heterocycles. The second-order valence-electron chi connectivity index (χ2n) is 4.71. The Bertz CT molecular complexity index is 756. The summed E-state index contributed by atoms with van der Waals surface area (Å²) in [5.74, 6) is 0.615. The summed E-state index contributed by atoms with van der Waals surface area (Å²) in [5.41, 5.74) is 1.13. The minimum Gasteiger partial charge on any atom is -0.495 e. The van der Waals surface area contributed by atoms with E-state index in [-0.39, 0.29) is 12.5 Å². The lowest BCUT2D eigenvalue weighted by atomic mass is 10.2. The third-order valence-electron chi connectivity index (χ3n) is 3.12. The molecule has 0 atom stereocenters. The van der Waals surface area contributed by atoms with Crippen molar-refractivity contribution < 1.29 is 14.3 Å². The molecular formula is C16H15BrCl2N2O3. The summed E-state index contributed by atoms with van der Waals surface area (Å²) >= 11 is 15.5. The number of methoxy groups -OCH3 is 2. The highest BCUT2D eigenvalue weighted by molar-refractivity contribution is 9.10. The number of hydrogen-bond acceptors (Lipinski definition) is 4. The first-order valence-electron chi connectivity index (χ1n) is 6.85. The van der Waals surface area contributed by atoms with Crippen molar-refractivity contribution in [3.63, 3.8) is 0 Å². The van der Waals surface area contributed by atoms with Crippen molar-refractivity contribution in [1.82, 2.24) is 0 Å². The summed E-state index contributed by atoms with van der Waals surface area (Å²) in [6, 6.07) is 8.54. The van der Waals surface area contributed by atoms with Crippen molar-refractivity contribution in [1.29, 1.82) is 0 Å². The number of carbonyl (C=O) groups is 1. The monoisotopic (exact) mass is 432 g/mol. The Balaban J connectivity index is 2.06. The van der Waals surface area contributed by atoms with Crippen molar-refractivity contribution in [3.8, 4) is 11.5 Å². The van der Waals surface area contributed by atoms with Gasteiger partial charge in [-0.3, -0.25) is 4.79 Å². The van der Waals surface area contributed by atoms with Crippen LogP contribution in [0.4, 0.5) is 11.4 Å². The zero-order chi connectivity index (χ0) is 17.7. The van der Waals surface area contributed by atoms with Gasteiger partial charge in [0, 0.05) is 16.6 Å². The molecule has 0 spiro atoms. The van der Waals surface area contributed by atoms with Gasteiger partial charge in [-0.05, 0) is 18.2 Å². The largest absolute Gasteiger partial charge is 0.495 e. The Morgan fingerprint density at radius 1 is 1.04 bits per heavy atom. The molecule has 24 heavy (non-hydrogen) atoms. The van der Waals surface area contributed by atoms with Crippen molar-refractivity contribution in [2.45, 2.75) is 0 Å². The predicted octanol–water partition coefficient (Wildman–Crippen LogP) is 4.82. The zero-order valence-corrected chi connectivity index (χ0v) is 16.1. The maximum atomic E-state index is 12.2. The Kier molecular flexibility index (Phi) is 6.60. The molecule has 8 heteroatoms. The van der Waals surface area contributed by atoms with Crippen LogP contribution >= 0.6 is 39.1 Å². The van der Waals surface area contributed by atoms with E-state index in [4.69, 9.17) is 32.7 Å².